The van der Waals surface area contributed by atoms with E-state index in [1.54, 1.807) is 71.0 Å². The molecule has 2 heterocycles. The van der Waals surface area contributed by atoms with Gasteiger partial charge in [-0.1, -0.05) is 77.4 Å². The standard InChI is InChI=1S/C38H51N7O8/c1-7-12-25-16-19-45(37(51)30(23(5)6)44-34(48)29(22(3)4)43-33(47)28-21-39-17-18-40-28)31(25)35(49)41-26(13-8-2)32(46)36(50)42-27(38(52)53)20-24-14-10-9-11-15-24/h7,9-11,14-15,17-18,21-23,25-27,29-31H,1,8,12-13,16,19-20H2,2-6H3,(H,41,49)(H,42,50)(H,43,47)(H,44,48)(H,52,53)/t25?,26?,27-,29-,30-,31-/m0/s1. The molecule has 53 heavy (non-hydrogen) atoms. The lowest BCUT2D eigenvalue weighted by molar-refractivity contribution is -0.146. The van der Waals surface area contributed by atoms with Crippen LogP contribution in [0.2, 0.25) is 0 Å². The van der Waals surface area contributed by atoms with Gasteiger partial charge >= 0.3 is 5.97 Å². The first-order valence-electron chi connectivity index (χ1n) is 17.9. The van der Waals surface area contributed by atoms with Crippen LogP contribution in [0.1, 0.15) is 76.4 Å². The molecular formula is C38H51N7O8. The van der Waals surface area contributed by atoms with E-state index in [9.17, 15) is 38.7 Å². The summed E-state index contributed by atoms with van der Waals surface area (Å²) in [5.74, 6) is -7.03. The Balaban J connectivity index is 1.80. The maximum Gasteiger partial charge on any atom is 0.326 e. The Labute approximate surface area is 309 Å². The molecule has 2 unspecified atom stereocenters. The van der Waals surface area contributed by atoms with Crippen molar-refractivity contribution >= 4 is 41.3 Å². The number of carbonyl (C=O) groups excluding carboxylic acids is 6. The second-order valence-corrected chi connectivity index (χ2v) is 13.8. The van der Waals surface area contributed by atoms with Gasteiger partial charge in [-0.05, 0) is 42.6 Å². The Hall–Kier alpha value is -5.47. The molecule has 15 nitrogen and oxygen atoms in total. The highest BCUT2D eigenvalue weighted by Crippen LogP contribution is 2.29. The van der Waals surface area contributed by atoms with Gasteiger partial charge in [-0.3, -0.25) is 33.8 Å². The Morgan fingerprint density at radius 1 is 0.925 bits per heavy atom. The van der Waals surface area contributed by atoms with Gasteiger partial charge in [0.15, 0.2) is 0 Å². The number of likely N-dealkylation sites (tertiary alicyclic amines) is 1. The third kappa shape index (κ3) is 11.5. The fourth-order valence-electron chi connectivity index (χ4n) is 6.27. The second kappa shape index (κ2) is 20.0. The van der Waals surface area contributed by atoms with Gasteiger partial charge in [0, 0.05) is 25.4 Å². The Bertz CT molecular complexity index is 1620. The topological polar surface area (TPSA) is 217 Å². The summed E-state index contributed by atoms with van der Waals surface area (Å²) in [6.07, 6.45) is 6.92. The number of hydrogen-bond donors (Lipinski definition) is 5. The normalized spacial score (nSPS) is 17.6. The molecule has 1 saturated heterocycles. The maximum absolute atomic E-state index is 14.2. The Morgan fingerprint density at radius 3 is 2.17 bits per heavy atom. The lowest BCUT2D eigenvalue weighted by Gasteiger charge is -2.33. The number of carbonyl (C=O) groups is 7. The van der Waals surface area contributed by atoms with E-state index in [0.717, 1.165) is 0 Å². The number of aliphatic carboxylic acids is 1. The van der Waals surface area contributed by atoms with Gasteiger partial charge in [0.25, 0.3) is 11.8 Å². The molecule has 0 aliphatic carbocycles. The van der Waals surface area contributed by atoms with E-state index >= 15 is 0 Å². The number of hydrogen-bond acceptors (Lipinski definition) is 9. The monoisotopic (exact) mass is 733 g/mol. The minimum Gasteiger partial charge on any atom is -0.480 e. The number of allylic oxidation sites excluding steroid dienone is 1. The molecule has 2 aromatic rings. The molecule has 5 amide bonds. The molecule has 1 aliphatic heterocycles. The van der Waals surface area contributed by atoms with Gasteiger partial charge in [0.05, 0.1) is 12.2 Å². The van der Waals surface area contributed by atoms with Crippen LogP contribution in [0.25, 0.3) is 0 Å². The summed E-state index contributed by atoms with van der Waals surface area (Å²) in [7, 11) is 0. The lowest BCUT2D eigenvalue weighted by Crippen LogP contribution is -2.60. The number of carboxylic acid groups (broad SMARTS) is 1. The summed E-state index contributed by atoms with van der Waals surface area (Å²) in [4.78, 5) is 102. The first-order valence-corrected chi connectivity index (χ1v) is 17.9. The van der Waals surface area contributed by atoms with Gasteiger partial charge in [-0.2, -0.15) is 0 Å². The zero-order chi connectivity index (χ0) is 39.2. The van der Waals surface area contributed by atoms with E-state index in [1.165, 1.54) is 23.5 Å². The van der Waals surface area contributed by atoms with Crippen LogP contribution in [0.15, 0.2) is 61.6 Å². The van der Waals surface area contributed by atoms with Crippen molar-refractivity contribution in [2.45, 2.75) is 96.9 Å². The molecule has 0 spiro atoms. The van der Waals surface area contributed by atoms with E-state index in [4.69, 9.17) is 0 Å². The van der Waals surface area contributed by atoms with Crippen LogP contribution in [0.5, 0.6) is 0 Å². The fourth-order valence-corrected chi connectivity index (χ4v) is 6.27. The predicted octanol–water partition coefficient (Wildman–Crippen LogP) is 1.83. The van der Waals surface area contributed by atoms with Crippen LogP contribution < -0.4 is 21.3 Å². The number of amides is 5. The van der Waals surface area contributed by atoms with Gasteiger partial charge in [0.2, 0.25) is 23.5 Å². The van der Waals surface area contributed by atoms with Crippen LogP contribution in [0.3, 0.4) is 0 Å². The first kappa shape index (κ1) is 41.9. The fraction of sp³-hybridized carbons (Fsp3) is 0.500. The molecule has 0 radical (unpaired) electrons. The van der Waals surface area contributed by atoms with Gasteiger partial charge in [-0.25, -0.2) is 9.78 Å². The van der Waals surface area contributed by atoms with Crippen LogP contribution in [-0.2, 0) is 35.2 Å². The van der Waals surface area contributed by atoms with Crippen molar-refractivity contribution in [1.29, 1.82) is 0 Å². The summed E-state index contributed by atoms with van der Waals surface area (Å²) in [5, 5.41) is 20.2. The summed E-state index contributed by atoms with van der Waals surface area (Å²) in [6, 6.07) is 2.81. The Morgan fingerprint density at radius 2 is 1.60 bits per heavy atom. The number of aromatic nitrogens is 2. The van der Waals surface area contributed by atoms with Crippen molar-refractivity contribution in [3.63, 3.8) is 0 Å². The molecule has 1 aromatic carbocycles. The number of nitrogens with one attached hydrogen (secondary N) is 4. The first-order chi connectivity index (χ1) is 25.2. The number of carboxylic acids is 1. The molecule has 15 heteroatoms. The van der Waals surface area contributed by atoms with E-state index in [2.05, 4.69) is 37.8 Å². The number of benzene rings is 1. The molecule has 5 N–H and O–H groups in total. The number of nitrogens with zero attached hydrogens (tertiary/aromatic N) is 3. The van der Waals surface area contributed by atoms with E-state index in [-0.39, 0.29) is 36.9 Å². The van der Waals surface area contributed by atoms with Crippen molar-refractivity contribution in [1.82, 2.24) is 36.1 Å². The van der Waals surface area contributed by atoms with E-state index in [0.29, 0.717) is 24.8 Å². The zero-order valence-corrected chi connectivity index (χ0v) is 30.9. The Kier molecular flexibility index (Phi) is 15.8. The second-order valence-electron chi connectivity index (χ2n) is 13.8. The highest BCUT2D eigenvalue weighted by atomic mass is 16.4. The van der Waals surface area contributed by atoms with Crippen molar-refractivity contribution < 1.29 is 38.7 Å². The SMILES string of the molecule is C=CCC1CCN(C(=O)[C@@H](NC(=O)[C@@H](NC(=O)c2cnccn2)C(C)C)C(C)C)[C@@H]1C(=O)NC(CCC)C(=O)C(=O)N[C@@H](Cc1ccccc1)C(=O)O. The van der Waals surface area contributed by atoms with Gasteiger partial charge < -0.3 is 31.3 Å². The molecule has 1 fully saturated rings. The third-order valence-corrected chi connectivity index (χ3v) is 9.13. The minimum absolute atomic E-state index is 0.0212. The molecule has 1 aliphatic rings. The van der Waals surface area contributed by atoms with Crippen LogP contribution in [-0.4, -0.2) is 98.0 Å². The molecular weight excluding hydrogens is 682 g/mol. The minimum atomic E-state index is -1.38. The highest BCUT2D eigenvalue weighted by molar-refractivity contribution is 6.38. The van der Waals surface area contributed by atoms with Gasteiger partial charge in [-0.15, -0.1) is 6.58 Å². The van der Waals surface area contributed by atoms with Crippen molar-refractivity contribution in [2.75, 3.05) is 6.54 Å². The summed E-state index contributed by atoms with van der Waals surface area (Å²) in [5.41, 5.74) is 0.667. The summed E-state index contributed by atoms with van der Waals surface area (Å²) < 4.78 is 0. The summed E-state index contributed by atoms with van der Waals surface area (Å²) in [6.45, 7) is 12.7. The molecule has 0 saturated carbocycles. The van der Waals surface area contributed by atoms with Crippen LogP contribution >= 0.6 is 0 Å². The summed E-state index contributed by atoms with van der Waals surface area (Å²) >= 11 is 0. The van der Waals surface area contributed by atoms with Crippen LogP contribution in [0, 0.1) is 17.8 Å². The largest absolute Gasteiger partial charge is 0.480 e. The van der Waals surface area contributed by atoms with Crippen molar-refractivity contribution in [3.8, 4) is 0 Å². The lowest BCUT2D eigenvalue weighted by atomic mass is 9.94. The number of Topliss-reactive ketones (excluding diaryl/α,β-unsaturated/α-hetero) is 1. The molecule has 6 atom stereocenters. The molecule has 3 rings (SSSR count). The number of rotatable bonds is 19. The van der Waals surface area contributed by atoms with Crippen molar-refractivity contribution in [2.24, 2.45) is 17.8 Å². The predicted molar refractivity (Wildman–Crippen MR) is 195 cm³/mol. The van der Waals surface area contributed by atoms with E-state index < -0.39 is 77.4 Å². The van der Waals surface area contributed by atoms with Crippen molar-refractivity contribution in [3.05, 3.63) is 72.8 Å². The average Bonchev–Trinajstić information content (AvgIpc) is 3.55. The maximum atomic E-state index is 14.2. The highest BCUT2D eigenvalue weighted by Gasteiger charge is 2.45. The average molecular weight is 734 g/mol. The van der Waals surface area contributed by atoms with E-state index in [1.807, 2.05) is 0 Å². The van der Waals surface area contributed by atoms with Gasteiger partial charge in [0.1, 0.15) is 29.9 Å². The van der Waals surface area contributed by atoms with Crippen LogP contribution in [0.4, 0.5) is 0 Å². The molecule has 0 bridgehead atoms. The quantitative estimate of drug-likeness (QED) is 0.104. The third-order valence-electron chi connectivity index (χ3n) is 9.13. The molecule has 1 aromatic heterocycles. The number of ketones is 1. The zero-order valence-electron chi connectivity index (χ0n) is 30.9. The smallest absolute Gasteiger partial charge is 0.326 e. The molecule has 286 valence electrons.